The Bertz CT molecular complexity index is 1350. The van der Waals surface area contributed by atoms with Crippen molar-refractivity contribution >= 4 is 21.1 Å². The molecule has 7 nitrogen and oxygen atoms in total. The number of nitrogens with zero attached hydrogens (tertiary/aromatic N) is 2. The van der Waals surface area contributed by atoms with Crippen LogP contribution in [-0.2, 0) is 30.5 Å². The van der Waals surface area contributed by atoms with Gasteiger partial charge in [0, 0.05) is 20.1 Å². The van der Waals surface area contributed by atoms with Crippen LogP contribution in [0.4, 0.5) is 0 Å². The Morgan fingerprint density at radius 1 is 1.00 bits per heavy atom. The predicted octanol–water partition coefficient (Wildman–Crippen LogP) is 1.90. The average Bonchev–Trinajstić information content (AvgIpc) is 2.70. The molecule has 8 heteroatoms. The van der Waals surface area contributed by atoms with E-state index in [2.05, 4.69) is 4.72 Å². The number of hydrogen-bond donors (Lipinski definition) is 1. The van der Waals surface area contributed by atoms with Gasteiger partial charge in [-0.1, -0.05) is 24.3 Å². The smallest absolute Gasteiger partial charge is 0.305 e. The molecule has 0 bridgehead atoms. The summed E-state index contributed by atoms with van der Waals surface area (Å²) in [5, 5.41) is 0. The van der Waals surface area contributed by atoms with Crippen molar-refractivity contribution in [1.29, 1.82) is 0 Å². The summed E-state index contributed by atoms with van der Waals surface area (Å²) in [7, 11) is -0.844. The van der Waals surface area contributed by atoms with Gasteiger partial charge in [-0.25, -0.2) is 13.1 Å². The molecule has 0 unspecified atom stereocenters. The standard InChI is InChI=1S/C21H23N3O4S/c1-13-11-17-18(24(3)21(26)20(25)23(17)2)12-19(13)29(27,28)22-16-10-6-8-14-7-4-5-9-15(14)16/h4-5,7,9,11-12,16,22H,6,8,10H2,1-3H3/t16-/m0/s1. The molecule has 1 atom stereocenters. The van der Waals surface area contributed by atoms with E-state index in [1.165, 1.54) is 34.9 Å². The van der Waals surface area contributed by atoms with Gasteiger partial charge in [0.05, 0.1) is 15.9 Å². The molecular formula is C21H23N3O4S. The second-order valence-corrected chi connectivity index (χ2v) is 9.28. The number of aromatic nitrogens is 2. The fourth-order valence-corrected chi connectivity index (χ4v) is 5.62. The maximum absolute atomic E-state index is 13.3. The predicted molar refractivity (Wildman–Crippen MR) is 112 cm³/mol. The third kappa shape index (κ3) is 3.22. The number of fused-ring (bicyclic) bond motifs is 2. The molecular weight excluding hydrogens is 390 g/mol. The lowest BCUT2D eigenvalue weighted by Gasteiger charge is -2.26. The lowest BCUT2D eigenvalue weighted by Crippen LogP contribution is -2.39. The highest BCUT2D eigenvalue weighted by molar-refractivity contribution is 7.89. The SMILES string of the molecule is Cc1cc2c(cc1S(=O)(=O)N[C@H]1CCCc3ccccc31)n(C)c(=O)c(=O)n2C. The van der Waals surface area contributed by atoms with Gasteiger partial charge < -0.3 is 9.13 Å². The third-order valence-corrected chi connectivity index (χ3v) is 7.36. The van der Waals surface area contributed by atoms with Crippen LogP contribution >= 0.6 is 0 Å². The summed E-state index contributed by atoms with van der Waals surface area (Å²) in [5.74, 6) is 0. The van der Waals surface area contributed by atoms with Gasteiger partial charge in [-0.3, -0.25) is 9.59 Å². The molecule has 1 aliphatic rings. The summed E-state index contributed by atoms with van der Waals surface area (Å²) >= 11 is 0. The molecule has 1 aromatic heterocycles. The van der Waals surface area contributed by atoms with Gasteiger partial charge in [0.2, 0.25) is 10.0 Å². The molecule has 4 rings (SSSR count). The minimum absolute atomic E-state index is 0.113. The summed E-state index contributed by atoms with van der Waals surface area (Å²) in [5.41, 5.74) is 2.26. The van der Waals surface area contributed by atoms with Crippen LogP contribution in [0.25, 0.3) is 11.0 Å². The molecule has 0 aliphatic heterocycles. The molecule has 29 heavy (non-hydrogen) atoms. The number of benzene rings is 2. The lowest BCUT2D eigenvalue weighted by molar-refractivity contribution is 0.507. The minimum atomic E-state index is -3.83. The van der Waals surface area contributed by atoms with Crippen molar-refractivity contribution in [2.75, 3.05) is 0 Å². The number of aryl methyl sites for hydroxylation is 4. The number of sulfonamides is 1. The zero-order chi connectivity index (χ0) is 20.9. The fraction of sp³-hybridized carbons (Fsp3) is 0.333. The van der Waals surface area contributed by atoms with E-state index in [1.54, 1.807) is 13.0 Å². The lowest BCUT2D eigenvalue weighted by atomic mass is 9.88. The molecule has 0 amide bonds. The number of hydrogen-bond acceptors (Lipinski definition) is 4. The van der Waals surface area contributed by atoms with Crippen LogP contribution in [0, 0.1) is 6.92 Å². The van der Waals surface area contributed by atoms with Crippen molar-refractivity contribution in [3.63, 3.8) is 0 Å². The first kappa shape index (κ1) is 19.6. The Hall–Kier alpha value is -2.71. The van der Waals surface area contributed by atoms with Gasteiger partial charge in [-0.05, 0) is 55.0 Å². The zero-order valence-electron chi connectivity index (χ0n) is 16.6. The van der Waals surface area contributed by atoms with Crippen molar-refractivity contribution in [2.24, 2.45) is 14.1 Å². The summed E-state index contributed by atoms with van der Waals surface area (Å²) in [4.78, 5) is 24.4. The molecule has 1 aliphatic carbocycles. The van der Waals surface area contributed by atoms with Gasteiger partial charge >= 0.3 is 11.1 Å². The summed E-state index contributed by atoms with van der Waals surface area (Å²) < 4.78 is 31.8. The average molecular weight is 413 g/mol. The van der Waals surface area contributed by atoms with Crippen LogP contribution in [-0.4, -0.2) is 17.6 Å². The number of rotatable bonds is 3. The van der Waals surface area contributed by atoms with Gasteiger partial charge in [-0.15, -0.1) is 0 Å². The van der Waals surface area contributed by atoms with E-state index < -0.39 is 21.1 Å². The topological polar surface area (TPSA) is 90.2 Å². The van der Waals surface area contributed by atoms with E-state index in [0.29, 0.717) is 16.6 Å². The van der Waals surface area contributed by atoms with Crippen molar-refractivity contribution in [3.05, 3.63) is 73.8 Å². The van der Waals surface area contributed by atoms with Crippen LogP contribution in [0.5, 0.6) is 0 Å². The molecule has 0 saturated carbocycles. The molecule has 0 radical (unpaired) electrons. The zero-order valence-corrected chi connectivity index (χ0v) is 17.4. The highest BCUT2D eigenvalue weighted by atomic mass is 32.2. The van der Waals surface area contributed by atoms with Crippen molar-refractivity contribution in [1.82, 2.24) is 13.9 Å². The summed E-state index contributed by atoms with van der Waals surface area (Å²) in [6, 6.07) is 10.7. The molecule has 3 aromatic rings. The third-order valence-electron chi connectivity index (χ3n) is 5.74. The highest BCUT2D eigenvalue weighted by Crippen LogP contribution is 2.31. The maximum Gasteiger partial charge on any atom is 0.316 e. The largest absolute Gasteiger partial charge is 0.316 e. The molecule has 0 saturated heterocycles. The van der Waals surface area contributed by atoms with Crippen LogP contribution in [0.2, 0.25) is 0 Å². The summed E-state index contributed by atoms with van der Waals surface area (Å²) in [6.07, 6.45) is 2.59. The Morgan fingerprint density at radius 2 is 1.62 bits per heavy atom. The Morgan fingerprint density at radius 3 is 2.31 bits per heavy atom. The van der Waals surface area contributed by atoms with Crippen LogP contribution in [0.1, 0.15) is 35.6 Å². The van der Waals surface area contributed by atoms with Gasteiger partial charge in [0.1, 0.15) is 0 Å². The van der Waals surface area contributed by atoms with Crippen molar-refractivity contribution in [2.45, 2.75) is 37.1 Å². The number of nitrogens with one attached hydrogen (secondary N) is 1. The van der Waals surface area contributed by atoms with E-state index in [4.69, 9.17) is 0 Å². The summed E-state index contributed by atoms with van der Waals surface area (Å²) in [6.45, 7) is 1.69. The van der Waals surface area contributed by atoms with E-state index >= 15 is 0 Å². The van der Waals surface area contributed by atoms with Crippen LogP contribution in [0.3, 0.4) is 0 Å². The first-order valence-corrected chi connectivity index (χ1v) is 11.0. The molecule has 0 fully saturated rings. The highest BCUT2D eigenvalue weighted by Gasteiger charge is 2.27. The minimum Gasteiger partial charge on any atom is -0.305 e. The molecule has 2 aromatic carbocycles. The van der Waals surface area contributed by atoms with Gasteiger partial charge in [0.25, 0.3) is 0 Å². The fourth-order valence-electron chi connectivity index (χ4n) is 4.12. The molecule has 152 valence electrons. The van der Waals surface area contributed by atoms with Crippen LogP contribution < -0.4 is 15.8 Å². The Labute approximate surface area is 168 Å². The van der Waals surface area contributed by atoms with Crippen molar-refractivity contribution < 1.29 is 8.42 Å². The van der Waals surface area contributed by atoms with Gasteiger partial charge in [-0.2, -0.15) is 0 Å². The van der Waals surface area contributed by atoms with E-state index in [-0.39, 0.29) is 10.9 Å². The molecule has 0 spiro atoms. The van der Waals surface area contributed by atoms with Crippen molar-refractivity contribution in [3.8, 4) is 0 Å². The van der Waals surface area contributed by atoms with E-state index in [9.17, 15) is 18.0 Å². The molecule has 1 N–H and O–H groups in total. The van der Waals surface area contributed by atoms with E-state index in [1.807, 2.05) is 24.3 Å². The Kier molecular flexibility index (Phi) is 4.71. The maximum atomic E-state index is 13.3. The second-order valence-electron chi connectivity index (χ2n) is 7.60. The van der Waals surface area contributed by atoms with Gasteiger partial charge in [0.15, 0.2) is 0 Å². The van der Waals surface area contributed by atoms with E-state index in [0.717, 1.165) is 24.8 Å². The second kappa shape index (κ2) is 6.96. The normalized spacial score (nSPS) is 16.7. The molecule has 1 heterocycles. The quantitative estimate of drug-likeness (QED) is 0.664. The first-order valence-electron chi connectivity index (χ1n) is 9.51. The monoisotopic (exact) mass is 413 g/mol. The van der Waals surface area contributed by atoms with Crippen LogP contribution in [0.15, 0.2) is 50.9 Å². The first-order chi connectivity index (χ1) is 13.7. The Balaban J connectivity index is 1.83.